The van der Waals surface area contributed by atoms with Gasteiger partial charge in [0.05, 0.1) is 6.61 Å². The highest BCUT2D eigenvalue weighted by atomic mass is 16.5. The Labute approximate surface area is 102 Å². The third kappa shape index (κ3) is 4.81. The number of benzene rings is 1. The van der Waals surface area contributed by atoms with E-state index in [2.05, 4.69) is 0 Å². The van der Waals surface area contributed by atoms with E-state index >= 15 is 0 Å². The highest BCUT2D eigenvalue weighted by Crippen LogP contribution is 2.14. The average molecular weight is 234 g/mol. The molecule has 3 heteroatoms. The van der Waals surface area contributed by atoms with Gasteiger partial charge in [0.15, 0.2) is 5.78 Å². The van der Waals surface area contributed by atoms with Gasteiger partial charge in [-0.05, 0) is 25.5 Å². The minimum atomic E-state index is 0.0246. The molecule has 0 saturated heterocycles. The second kappa shape index (κ2) is 6.84. The summed E-state index contributed by atoms with van der Waals surface area (Å²) >= 11 is 0. The Balaban J connectivity index is 2.39. The number of ketones is 2. The molecule has 0 atom stereocenters. The molecule has 0 aromatic heterocycles. The number of carbonyl (C=O) groups is 2. The highest BCUT2D eigenvalue weighted by molar-refractivity contribution is 5.94. The monoisotopic (exact) mass is 234 g/mol. The summed E-state index contributed by atoms with van der Waals surface area (Å²) in [5.74, 6) is 0.962. The molecule has 0 fully saturated rings. The summed E-state index contributed by atoms with van der Waals surface area (Å²) in [5.41, 5.74) is 0.645. The Bertz CT molecular complexity index is 396. The van der Waals surface area contributed by atoms with Gasteiger partial charge in [0.1, 0.15) is 11.5 Å². The molecule has 1 aromatic rings. The van der Waals surface area contributed by atoms with Crippen molar-refractivity contribution in [2.45, 2.75) is 33.1 Å². The lowest BCUT2D eigenvalue weighted by Crippen LogP contribution is -2.02. The van der Waals surface area contributed by atoms with Crippen LogP contribution in [0.1, 0.15) is 43.5 Å². The van der Waals surface area contributed by atoms with Crippen LogP contribution in [-0.2, 0) is 4.79 Å². The molecule has 0 amide bonds. The summed E-state index contributed by atoms with van der Waals surface area (Å²) in [6.45, 7) is 3.89. The summed E-state index contributed by atoms with van der Waals surface area (Å²) < 4.78 is 5.49. The first-order chi connectivity index (χ1) is 8.13. The number of Topliss-reactive ketones (excluding diaryl/α,β-unsaturated/α-hetero) is 2. The van der Waals surface area contributed by atoms with Crippen molar-refractivity contribution in [1.29, 1.82) is 0 Å². The van der Waals surface area contributed by atoms with Gasteiger partial charge >= 0.3 is 0 Å². The maximum Gasteiger partial charge on any atom is 0.159 e. The summed E-state index contributed by atoms with van der Waals surface area (Å²) in [6, 6.07) is 7.09. The van der Waals surface area contributed by atoms with E-state index in [-0.39, 0.29) is 11.6 Å². The third-order valence-corrected chi connectivity index (χ3v) is 2.50. The molecule has 17 heavy (non-hydrogen) atoms. The predicted octanol–water partition coefficient (Wildman–Crippen LogP) is 3.03. The summed E-state index contributed by atoms with van der Waals surface area (Å²) in [5, 5.41) is 0. The lowest BCUT2D eigenvalue weighted by Gasteiger charge is -2.06. The zero-order valence-electron chi connectivity index (χ0n) is 10.4. The van der Waals surface area contributed by atoms with E-state index in [1.807, 2.05) is 13.0 Å². The largest absolute Gasteiger partial charge is 0.494 e. The minimum Gasteiger partial charge on any atom is -0.494 e. The zero-order chi connectivity index (χ0) is 12.7. The van der Waals surface area contributed by atoms with E-state index in [1.165, 1.54) is 6.92 Å². The maximum absolute atomic E-state index is 11.2. The van der Waals surface area contributed by atoms with Crippen molar-refractivity contribution in [2.24, 2.45) is 0 Å². The normalized spacial score (nSPS) is 10.0. The minimum absolute atomic E-state index is 0.0246. The van der Waals surface area contributed by atoms with Crippen LogP contribution < -0.4 is 4.74 Å². The Morgan fingerprint density at radius 1 is 1.29 bits per heavy atom. The molecule has 0 aliphatic rings. The standard InChI is InChI=1S/C14H18O3/c1-3-13(16)7-5-9-17-14-8-4-6-12(10-14)11(2)15/h4,6,8,10H,3,5,7,9H2,1-2H3. The maximum atomic E-state index is 11.2. The number of hydrogen-bond acceptors (Lipinski definition) is 3. The first-order valence-corrected chi connectivity index (χ1v) is 5.89. The predicted molar refractivity (Wildman–Crippen MR) is 66.5 cm³/mol. The van der Waals surface area contributed by atoms with Gasteiger partial charge in [-0.15, -0.1) is 0 Å². The lowest BCUT2D eigenvalue weighted by atomic mass is 10.1. The van der Waals surface area contributed by atoms with E-state index in [0.717, 1.165) is 6.42 Å². The summed E-state index contributed by atoms with van der Waals surface area (Å²) in [7, 11) is 0. The quantitative estimate of drug-likeness (QED) is 0.538. The highest BCUT2D eigenvalue weighted by Gasteiger charge is 2.02. The first-order valence-electron chi connectivity index (χ1n) is 5.89. The third-order valence-electron chi connectivity index (χ3n) is 2.50. The van der Waals surface area contributed by atoms with Gasteiger partial charge in [0, 0.05) is 18.4 Å². The zero-order valence-corrected chi connectivity index (χ0v) is 10.4. The fraction of sp³-hybridized carbons (Fsp3) is 0.429. The molecule has 0 saturated carbocycles. The lowest BCUT2D eigenvalue weighted by molar-refractivity contribution is -0.118. The Morgan fingerprint density at radius 3 is 2.71 bits per heavy atom. The van der Waals surface area contributed by atoms with Crippen LogP contribution in [0.15, 0.2) is 24.3 Å². The molecule has 0 aliphatic heterocycles. The van der Waals surface area contributed by atoms with Crippen LogP contribution in [0.5, 0.6) is 5.75 Å². The van der Waals surface area contributed by atoms with Gasteiger partial charge in [-0.3, -0.25) is 9.59 Å². The second-order valence-electron chi connectivity index (χ2n) is 3.93. The summed E-state index contributed by atoms with van der Waals surface area (Å²) in [6.07, 6.45) is 1.86. The van der Waals surface area contributed by atoms with E-state index in [4.69, 9.17) is 4.74 Å². The number of ether oxygens (including phenoxy) is 1. The van der Waals surface area contributed by atoms with Crippen LogP contribution in [0.25, 0.3) is 0 Å². The van der Waals surface area contributed by atoms with Gasteiger partial charge in [-0.25, -0.2) is 0 Å². The Hall–Kier alpha value is -1.64. The fourth-order valence-electron chi connectivity index (χ4n) is 1.44. The SMILES string of the molecule is CCC(=O)CCCOc1cccc(C(C)=O)c1. The number of hydrogen-bond donors (Lipinski definition) is 0. The molecule has 0 bridgehead atoms. The van der Waals surface area contributed by atoms with Crippen LogP contribution >= 0.6 is 0 Å². The molecule has 0 unspecified atom stereocenters. The molecule has 0 aliphatic carbocycles. The molecular weight excluding hydrogens is 216 g/mol. The van der Waals surface area contributed by atoms with Crippen molar-refractivity contribution in [3.63, 3.8) is 0 Å². The average Bonchev–Trinajstić information content (AvgIpc) is 2.34. The second-order valence-corrected chi connectivity index (χ2v) is 3.93. The van der Waals surface area contributed by atoms with Crippen LogP contribution in [0.2, 0.25) is 0 Å². The van der Waals surface area contributed by atoms with Crippen molar-refractivity contribution in [1.82, 2.24) is 0 Å². The number of rotatable bonds is 7. The van der Waals surface area contributed by atoms with Crippen molar-refractivity contribution >= 4 is 11.6 Å². The van der Waals surface area contributed by atoms with E-state index in [1.54, 1.807) is 18.2 Å². The summed E-state index contributed by atoms with van der Waals surface area (Å²) in [4.78, 5) is 22.2. The van der Waals surface area contributed by atoms with Crippen molar-refractivity contribution in [3.05, 3.63) is 29.8 Å². The van der Waals surface area contributed by atoms with Gasteiger partial charge in [-0.2, -0.15) is 0 Å². The van der Waals surface area contributed by atoms with E-state index in [9.17, 15) is 9.59 Å². The van der Waals surface area contributed by atoms with Crippen molar-refractivity contribution in [3.8, 4) is 5.75 Å². The molecule has 1 aromatic carbocycles. The molecule has 0 N–H and O–H groups in total. The first kappa shape index (κ1) is 13.4. The van der Waals surface area contributed by atoms with Crippen LogP contribution in [-0.4, -0.2) is 18.2 Å². The van der Waals surface area contributed by atoms with Gasteiger partial charge in [-0.1, -0.05) is 19.1 Å². The Kier molecular flexibility index (Phi) is 5.40. The smallest absolute Gasteiger partial charge is 0.159 e. The topological polar surface area (TPSA) is 43.4 Å². The fourth-order valence-corrected chi connectivity index (χ4v) is 1.44. The van der Waals surface area contributed by atoms with Crippen LogP contribution in [0.3, 0.4) is 0 Å². The van der Waals surface area contributed by atoms with Gasteiger partial charge < -0.3 is 4.74 Å². The van der Waals surface area contributed by atoms with Gasteiger partial charge in [0.2, 0.25) is 0 Å². The van der Waals surface area contributed by atoms with Crippen molar-refractivity contribution in [2.75, 3.05) is 6.61 Å². The molecule has 0 spiro atoms. The molecule has 1 rings (SSSR count). The van der Waals surface area contributed by atoms with Crippen LogP contribution in [0.4, 0.5) is 0 Å². The molecule has 3 nitrogen and oxygen atoms in total. The van der Waals surface area contributed by atoms with E-state index < -0.39 is 0 Å². The number of carbonyl (C=O) groups excluding carboxylic acids is 2. The molecule has 92 valence electrons. The van der Waals surface area contributed by atoms with Gasteiger partial charge in [0.25, 0.3) is 0 Å². The molecular formula is C14H18O3. The molecule has 0 heterocycles. The molecule has 0 radical (unpaired) electrons. The van der Waals surface area contributed by atoms with E-state index in [0.29, 0.717) is 30.8 Å². The van der Waals surface area contributed by atoms with Crippen LogP contribution in [0, 0.1) is 0 Å². The van der Waals surface area contributed by atoms with Crippen molar-refractivity contribution < 1.29 is 14.3 Å². The Morgan fingerprint density at radius 2 is 2.06 bits per heavy atom.